The second-order valence-corrected chi connectivity index (χ2v) is 7.76. The number of nitrogens with one attached hydrogen (secondary N) is 1. The summed E-state index contributed by atoms with van der Waals surface area (Å²) in [7, 11) is 0. The number of amides is 1. The minimum Gasteiger partial charge on any atom is -0.444 e. The molecule has 1 heterocycles. The Kier molecular flexibility index (Phi) is 6.09. The molecule has 2 rings (SSSR count). The van der Waals surface area contributed by atoms with Crippen molar-refractivity contribution in [3.63, 3.8) is 0 Å². The summed E-state index contributed by atoms with van der Waals surface area (Å²) in [5, 5.41) is 3.68. The second-order valence-electron chi connectivity index (χ2n) is 7.76. The van der Waals surface area contributed by atoms with Gasteiger partial charge in [0.1, 0.15) is 5.60 Å². The van der Waals surface area contributed by atoms with Crippen LogP contribution in [0.25, 0.3) is 0 Å². The molecule has 5 nitrogen and oxygen atoms in total. The van der Waals surface area contributed by atoms with E-state index in [1.54, 1.807) is 0 Å². The van der Waals surface area contributed by atoms with Crippen LogP contribution in [0.4, 0.5) is 4.79 Å². The quantitative estimate of drug-likeness (QED) is 0.837. The molecule has 128 valence electrons. The number of carbonyl (C=O) groups excluding carboxylic acids is 1. The van der Waals surface area contributed by atoms with E-state index in [9.17, 15) is 4.79 Å². The van der Waals surface area contributed by atoms with Gasteiger partial charge in [-0.2, -0.15) is 0 Å². The van der Waals surface area contributed by atoms with Gasteiger partial charge in [-0.05, 0) is 58.9 Å². The molecule has 22 heavy (non-hydrogen) atoms. The van der Waals surface area contributed by atoms with Gasteiger partial charge in [0.15, 0.2) is 0 Å². The summed E-state index contributed by atoms with van der Waals surface area (Å²) in [4.78, 5) is 14.2. The van der Waals surface area contributed by atoms with E-state index in [2.05, 4.69) is 5.32 Å². The lowest BCUT2D eigenvalue weighted by Gasteiger charge is -2.34. The predicted molar refractivity (Wildman–Crippen MR) is 88.8 cm³/mol. The van der Waals surface area contributed by atoms with E-state index in [1.807, 2.05) is 25.7 Å². The zero-order valence-corrected chi connectivity index (χ0v) is 14.4. The molecule has 1 aliphatic carbocycles. The number of carbonyl (C=O) groups is 1. The van der Waals surface area contributed by atoms with E-state index < -0.39 is 5.60 Å². The van der Waals surface area contributed by atoms with Crippen LogP contribution in [-0.2, 0) is 4.74 Å². The molecule has 1 amide bonds. The normalized spacial score (nSPS) is 29.6. The Morgan fingerprint density at radius 3 is 2.64 bits per heavy atom. The van der Waals surface area contributed by atoms with E-state index in [-0.39, 0.29) is 12.1 Å². The summed E-state index contributed by atoms with van der Waals surface area (Å²) in [6, 6.07) is 0.773. The maximum atomic E-state index is 12.3. The molecule has 0 aromatic heterocycles. The molecule has 0 spiro atoms. The van der Waals surface area contributed by atoms with Crippen LogP contribution in [0.3, 0.4) is 0 Å². The van der Waals surface area contributed by atoms with Crippen molar-refractivity contribution in [3.8, 4) is 0 Å². The van der Waals surface area contributed by atoms with Gasteiger partial charge >= 0.3 is 6.09 Å². The molecule has 0 aromatic carbocycles. The second kappa shape index (κ2) is 7.64. The number of ether oxygens (including phenoxy) is 1. The molecule has 0 bridgehead atoms. The lowest BCUT2D eigenvalue weighted by atomic mass is 9.84. The van der Waals surface area contributed by atoms with Gasteiger partial charge in [0.2, 0.25) is 0 Å². The first-order valence-electron chi connectivity index (χ1n) is 8.84. The van der Waals surface area contributed by atoms with Crippen LogP contribution in [0.2, 0.25) is 0 Å². The van der Waals surface area contributed by atoms with E-state index in [4.69, 9.17) is 10.5 Å². The number of hydrogen-bond acceptors (Lipinski definition) is 4. The molecule has 1 saturated carbocycles. The van der Waals surface area contributed by atoms with Crippen LogP contribution in [0.15, 0.2) is 0 Å². The number of likely N-dealkylation sites (tertiary alicyclic amines) is 1. The Balaban J connectivity index is 1.84. The van der Waals surface area contributed by atoms with Gasteiger partial charge in [-0.15, -0.1) is 0 Å². The Morgan fingerprint density at radius 1 is 1.23 bits per heavy atom. The van der Waals surface area contributed by atoms with Crippen LogP contribution in [-0.4, -0.2) is 48.3 Å². The average Bonchev–Trinajstić information content (AvgIpc) is 2.92. The van der Waals surface area contributed by atoms with Crippen LogP contribution in [0.1, 0.15) is 59.3 Å². The number of nitrogens with zero attached hydrogens (tertiary/aromatic N) is 1. The van der Waals surface area contributed by atoms with E-state index >= 15 is 0 Å². The molecule has 3 unspecified atom stereocenters. The molecule has 1 saturated heterocycles. The molecule has 3 atom stereocenters. The van der Waals surface area contributed by atoms with Crippen molar-refractivity contribution in [1.82, 2.24) is 10.2 Å². The van der Waals surface area contributed by atoms with Gasteiger partial charge in [0, 0.05) is 25.2 Å². The molecule has 0 aromatic rings. The van der Waals surface area contributed by atoms with Crippen LogP contribution in [0, 0.1) is 5.92 Å². The summed E-state index contributed by atoms with van der Waals surface area (Å²) < 4.78 is 5.53. The Hall–Kier alpha value is -0.810. The highest BCUT2D eigenvalue weighted by atomic mass is 16.6. The van der Waals surface area contributed by atoms with Crippen LogP contribution < -0.4 is 11.1 Å². The fourth-order valence-electron chi connectivity index (χ4n) is 3.65. The zero-order chi connectivity index (χ0) is 16.2. The third kappa shape index (κ3) is 4.85. The summed E-state index contributed by atoms with van der Waals surface area (Å²) in [5.41, 5.74) is 5.47. The summed E-state index contributed by atoms with van der Waals surface area (Å²) in [6.45, 7) is 8.19. The van der Waals surface area contributed by atoms with Crippen molar-refractivity contribution in [1.29, 1.82) is 0 Å². The van der Waals surface area contributed by atoms with Crippen molar-refractivity contribution >= 4 is 6.09 Å². The number of rotatable bonds is 4. The smallest absolute Gasteiger partial charge is 0.410 e. The monoisotopic (exact) mass is 311 g/mol. The molecule has 1 aliphatic heterocycles. The fourth-order valence-corrected chi connectivity index (χ4v) is 3.65. The van der Waals surface area contributed by atoms with Crippen LogP contribution in [0.5, 0.6) is 0 Å². The van der Waals surface area contributed by atoms with Gasteiger partial charge in [0.25, 0.3) is 0 Å². The highest BCUT2D eigenvalue weighted by molar-refractivity contribution is 5.69. The molecule has 0 radical (unpaired) electrons. The lowest BCUT2D eigenvalue weighted by molar-refractivity contribution is 0.0222. The van der Waals surface area contributed by atoms with Crippen molar-refractivity contribution in [2.45, 2.75) is 77.0 Å². The lowest BCUT2D eigenvalue weighted by Crippen LogP contribution is -2.49. The third-order valence-corrected chi connectivity index (χ3v) is 4.83. The number of nitrogens with two attached hydrogens (primary N) is 1. The van der Waals surface area contributed by atoms with E-state index in [1.165, 1.54) is 25.7 Å². The largest absolute Gasteiger partial charge is 0.444 e. The Bertz CT molecular complexity index is 367. The molecule has 5 heteroatoms. The first kappa shape index (κ1) is 17.5. The highest BCUT2D eigenvalue weighted by Gasteiger charge is 2.33. The summed E-state index contributed by atoms with van der Waals surface area (Å²) >= 11 is 0. The molecule has 3 N–H and O–H groups in total. The minimum atomic E-state index is -0.425. The van der Waals surface area contributed by atoms with E-state index in [0.717, 1.165) is 32.5 Å². The Morgan fingerprint density at radius 2 is 1.95 bits per heavy atom. The average molecular weight is 311 g/mol. The fraction of sp³-hybridized carbons (Fsp3) is 0.941. The van der Waals surface area contributed by atoms with E-state index in [0.29, 0.717) is 12.0 Å². The van der Waals surface area contributed by atoms with Crippen molar-refractivity contribution < 1.29 is 9.53 Å². The van der Waals surface area contributed by atoms with Crippen molar-refractivity contribution in [3.05, 3.63) is 0 Å². The molecular formula is C17H33N3O2. The molecule has 2 fully saturated rings. The van der Waals surface area contributed by atoms with Gasteiger partial charge in [-0.1, -0.05) is 12.8 Å². The van der Waals surface area contributed by atoms with Gasteiger partial charge in [-0.25, -0.2) is 4.79 Å². The summed E-state index contributed by atoms with van der Waals surface area (Å²) in [6.07, 6.45) is 6.98. The van der Waals surface area contributed by atoms with Gasteiger partial charge in [0.05, 0.1) is 0 Å². The predicted octanol–water partition coefficient (Wildman–Crippen LogP) is 2.49. The van der Waals surface area contributed by atoms with Gasteiger partial charge < -0.3 is 20.7 Å². The maximum absolute atomic E-state index is 12.3. The Labute approximate surface area is 134 Å². The van der Waals surface area contributed by atoms with Gasteiger partial charge in [-0.3, -0.25) is 0 Å². The standard InChI is InChI=1S/C17H33N3O2/c1-17(2,3)22-16(21)20-10-6-8-14(20)12-19-15-9-5-4-7-13(15)11-18/h13-15,19H,4-12,18H2,1-3H3. The first-order valence-corrected chi connectivity index (χ1v) is 8.84. The molecule has 2 aliphatic rings. The first-order chi connectivity index (χ1) is 10.4. The summed E-state index contributed by atoms with van der Waals surface area (Å²) in [5.74, 6) is 0.588. The van der Waals surface area contributed by atoms with Crippen LogP contribution >= 0.6 is 0 Å². The van der Waals surface area contributed by atoms with Crippen molar-refractivity contribution in [2.24, 2.45) is 11.7 Å². The van der Waals surface area contributed by atoms with Crippen molar-refractivity contribution in [2.75, 3.05) is 19.6 Å². The third-order valence-electron chi connectivity index (χ3n) is 4.83. The zero-order valence-electron chi connectivity index (χ0n) is 14.4. The molecular weight excluding hydrogens is 278 g/mol. The number of hydrogen-bond donors (Lipinski definition) is 2. The SMILES string of the molecule is CC(C)(C)OC(=O)N1CCCC1CNC1CCCCC1CN. The highest BCUT2D eigenvalue weighted by Crippen LogP contribution is 2.25. The maximum Gasteiger partial charge on any atom is 0.410 e. The topological polar surface area (TPSA) is 67.6 Å². The minimum absolute atomic E-state index is 0.171.